The van der Waals surface area contributed by atoms with Crippen LogP contribution in [0.5, 0.6) is 5.75 Å². The van der Waals surface area contributed by atoms with E-state index in [1.165, 1.54) is 10.6 Å². The first kappa shape index (κ1) is 20.4. The molecule has 0 aliphatic heterocycles. The lowest BCUT2D eigenvalue weighted by molar-refractivity contribution is -0.125. The van der Waals surface area contributed by atoms with E-state index >= 15 is 0 Å². The molecule has 1 rings (SSSR count). The summed E-state index contributed by atoms with van der Waals surface area (Å²) >= 11 is 0. The van der Waals surface area contributed by atoms with Crippen LogP contribution in [0.3, 0.4) is 0 Å². The maximum atomic E-state index is 12.0. The van der Waals surface area contributed by atoms with Crippen LogP contribution in [0.4, 0.5) is 0 Å². The summed E-state index contributed by atoms with van der Waals surface area (Å²) in [6.45, 7) is 4.67. The minimum atomic E-state index is -3.39. The van der Waals surface area contributed by atoms with Gasteiger partial charge in [-0.05, 0) is 18.9 Å². The monoisotopic (exact) mass is 356 g/mol. The maximum Gasteiger partial charge on any atom is 0.223 e. The molecular weight excluding hydrogens is 328 g/mol. The number of nitrogens with one attached hydrogen (secondary N) is 1. The van der Waals surface area contributed by atoms with Crippen LogP contribution in [-0.4, -0.2) is 45.1 Å². The summed E-state index contributed by atoms with van der Waals surface area (Å²) in [4.78, 5) is 12.0. The van der Waals surface area contributed by atoms with Gasteiger partial charge < -0.3 is 10.1 Å². The number of rotatable bonds is 10. The highest BCUT2D eigenvalue weighted by atomic mass is 32.2. The molecule has 0 saturated heterocycles. The minimum Gasteiger partial charge on any atom is -0.496 e. The summed E-state index contributed by atoms with van der Waals surface area (Å²) in [5, 5.41) is 2.83. The summed E-state index contributed by atoms with van der Waals surface area (Å²) in [7, 11) is -1.84. The lowest BCUT2D eigenvalue weighted by Crippen LogP contribution is -2.39. The van der Waals surface area contributed by atoms with E-state index in [4.69, 9.17) is 4.74 Å². The highest BCUT2D eigenvalue weighted by molar-refractivity contribution is 7.88. The molecular formula is C17H28N2O4S. The van der Waals surface area contributed by atoms with Crippen molar-refractivity contribution in [2.24, 2.45) is 5.92 Å². The number of benzene rings is 1. The van der Waals surface area contributed by atoms with E-state index in [1.807, 2.05) is 32.0 Å². The first-order valence-electron chi connectivity index (χ1n) is 8.18. The second-order valence-corrected chi connectivity index (χ2v) is 7.70. The fraction of sp³-hybridized carbons (Fsp3) is 0.588. The zero-order chi connectivity index (χ0) is 18.2. The van der Waals surface area contributed by atoms with Gasteiger partial charge in [0.2, 0.25) is 15.9 Å². The van der Waals surface area contributed by atoms with Crippen LogP contribution in [0.2, 0.25) is 0 Å². The van der Waals surface area contributed by atoms with Crippen LogP contribution in [0.25, 0.3) is 0 Å². The molecule has 0 saturated carbocycles. The second-order valence-electron chi connectivity index (χ2n) is 5.71. The van der Waals surface area contributed by atoms with Crippen LogP contribution in [0.15, 0.2) is 24.3 Å². The van der Waals surface area contributed by atoms with Crippen molar-refractivity contribution in [3.63, 3.8) is 0 Å². The van der Waals surface area contributed by atoms with Gasteiger partial charge in [-0.3, -0.25) is 4.79 Å². The average Bonchev–Trinajstić information content (AvgIpc) is 2.54. The van der Waals surface area contributed by atoms with E-state index in [1.54, 1.807) is 13.2 Å². The van der Waals surface area contributed by atoms with Gasteiger partial charge in [-0.15, -0.1) is 0 Å². The molecule has 1 N–H and O–H groups in total. The van der Waals surface area contributed by atoms with Gasteiger partial charge >= 0.3 is 0 Å². The van der Waals surface area contributed by atoms with Crippen molar-refractivity contribution in [1.29, 1.82) is 0 Å². The van der Waals surface area contributed by atoms with Crippen molar-refractivity contribution in [2.45, 2.75) is 33.2 Å². The molecule has 0 fully saturated rings. The number of sulfonamides is 1. The SMILES string of the molecule is CCC(CC)C(=O)NCCN(Cc1ccccc1OC)S(C)(=O)=O. The molecule has 0 aliphatic carbocycles. The van der Waals surface area contributed by atoms with Crippen molar-refractivity contribution in [3.05, 3.63) is 29.8 Å². The molecule has 0 aromatic heterocycles. The molecule has 0 unspecified atom stereocenters. The molecule has 6 nitrogen and oxygen atoms in total. The van der Waals surface area contributed by atoms with Crippen LogP contribution < -0.4 is 10.1 Å². The number of hydrogen-bond acceptors (Lipinski definition) is 4. The van der Waals surface area contributed by atoms with Gasteiger partial charge in [0.1, 0.15) is 5.75 Å². The number of methoxy groups -OCH3 is 1. The highest BCUT2D eigenvalue weighted by Gasteiger charge is 2.20. The van der Waals surface area contributed by atoms with Gasteiger partial charge in [-0.1, -0.05) is 32.0 Å². The normalized spacial score (nSPS) is 11.8. The summed E-state index contributed by atoms with van der Waals surface area (Å²) < 4.78 is 30.7. The summed E-state index contributed by atoms with van der Waals surface area (Å²) in [6, 6.07) is 7.31. The Morgan fingerprint density at radius 2 is 1.88 bits per heavy atom. The Kier molecular flexibility index (Phi) is 8.21. The molecule has 0 radical (unpaired) electrons. The zero-order valence-corrected chi connectivity index (χ0v) is 15.7. The Bertz CT molecular complexity index is 627. The summed E-state index contributed by atoms with van der Waals surface area (Å²) in [6.07, 6.45) is 2.73. The van der Waals surface area contributed by atoms with E-state index in [9.17, 15) is 13.2 Å². The second kappa shape index (κ2) is 9.64. The summed E-state index contributed by atoms with van der Waals surface area (Å²) in [5.41, 5.74) is 0.789. The first-order chi connectivity index (χ1) is 11.3. The van der Waals surface area contributed by atoms with Crippen LogP contribution in [-0.2, 0) is 21.4 Å². The maximum absolute atomic E-state index is 12.0. The molecule has 0 aliphatic rings. The lowest BCUT2D eigenvalue weighted by Gasteiger charge is -2.22. The van der Waals surface area contributed by atoms with E-state index in [0.717, 1.165) is 18.4 Å². The van der Waals surface area contributed by atoms with E-state index in [2.05, 4.69) is 5.32 Å². The molecule has 1 aromatic rings. The molecule has 1 aromatic carbocycles. The zero-order valence-electron chi connectivity index (χ0n) is 14.9. The molecule has 0 bridgehead atoms. The Hall–Kier alpha value is -1.60. The lowest BCUT2D eigenvalue weighted by atomic mass is 10.0. The Balaban J connectivity index is 2.73. The van der Waals surface area contributed by atoms with Gasteiger partial charge in [-0.25, -0.2) is 8.42 Å². The van der Waals surface area contributed by atoms with Crippen LogP contribution in [0.1, 0.15) is 32.3 Å². The van der Waals surface area contributed by atoms with Gasteiger partial charge in [0.15, 0.2) is 0 Å². The standard InChI is InChI=1S/C17H28N2O4S/c1-5-14(6-2)17(20)18-11-12-19(24(4,21)22)13-15-9-7-8-10-16(15)23-3/h7-10,14H,5-6,11-13H2,1-4H3,(H,18,20). The third-order valence-corrected chi connectivity index (χ3v) is 5.27. The van der Waals surface area contributed by atoms with Crippen molar-refractivity contribution < 1.29 is 17.9 Å². The number of carbonyl (C=O) groups is 1. The number of ether oxygens (including phenoxy) is 1. The molecule has 1 amide bonds. The Labute approximate surface area is 145 Å². The Morgan fingerprint density at radius 1 is 1.25 bits per heavy atom. The van der Waals surface area contributed by atoms with E-state index in [0.29, 0.717) is 5.75 Å². The van der Waals surface area contributed by atoms with Crippen molar-refractivity contribution in [1.82, 2.24) is 9.62 Å². The summed E-state index contributed by atoms with van der Waals surface area (Å²) in [5.74, 6) is 0.601. The van der Waals surface area contributed by atoms with Gasteiger partial charge in [0.05, 0.1) is 13.4 Å². The third-order valence-electron chi connectivity index (χ3n) is 4.03. The topological polar surface area (TPSA) is 75.7 Å². The van der Waals surface area contributed by atoms with Crippen molar-refractivity contribution >= 4 is 15.9 Å². The van der Waals surface area contributed by atoms with Gasteiger partial charge in [0.25, 0.3) is 0 Å². The van der Waals surface area contributed by atoms with Gasteiger partial charge in [0, 0.05) is 31.1 Å². The highest BCUT2D eigenvalue weighted by Crippen LogP contribution is 2.20. The van der Waals surface area contributed by atoms with Crippen molar-refractivity contribution in [2.75, 3.05) is 26.5 Å². The average molecular weight is 356 g/mol. The number of para-hydroxylation sites is 1. The molecule has 136 valence electrons. The molecule has 0 atom stereocenters. The molecule has 24 heavy (non-hydrogen) atoms. The van der Waals surface area contributed by atoms with E-state index < -0.39 is 10.0 Å². The quantitative estimate of drug-likeness (QED) is 0.696. The predicted octanol–water partition coefficient (Wildman–Crippen LogP) is 2.01. The molecule has 0 spiro atoms. The van der Waals surface area contributed by atoms with E-state index in [-0.39, 0.29) is 31.5 Å². The minimum absolute atomic E-state index is 0.0223. The predicted molar refractivity (Wildman–Crippen MR) is 95.3 cm³/mol. The Morgan fingerprint density at radius 3 is 2.42 bits per heavy atom. The van der Waals surface area contributed by atoms with Crippen molar-refractivity contribution in [3.8, 4) is 5.75 Å². The smallest absolute Gasteiger partial charge is 0.223 e. The molecule has 0 heterocycles. The number of hydrogen-bond donors (Lipinski definition) is 1. The third kappa shape index (κ3) is 6.13. The largest absolute Gasteiger partial charge is 0.496 e. The first-order valence-corrected chi connectivity index (χ1v) is 10.0. The number of amides is 1. The van der Waals surface area contributed by atoms with Gasteiger partial charge in [-0.2, -0.15) is 4.31 Å². The fourth-order valence-electron chi connectivity index (χ4n) is 2.49. The van der Waals surface area contributed by atoms with Crippen LogP contribution >= 0.6 is 0 Å². The molecule has 7 heteroatoms. The number of nitrogens with zero attached hydrogens (tertiary/aromatic N) is 1. The fourth-order valence-corrected chi connectivity index (χ4v) is 3.29. The number of carbonyl (C=O) groups excluding carboxylic acids is 1. The van der Waals surface area contributed by atoms with Crippen LogP contribution in [0, 0.1) is 5.92 Å².